The highest BCUT2D eigenvalue weighted by Gasteiger charge is 2.16. The first-order valence-corrected chi connectivity index (χ1v) is 10.6. The van der Waals surface area contributed by atoms with Crippen molar-refractivity contribution in [1.82, 2.24) is 10.2 Å². The molecule has 6 heteroatoms. The van der Waals surface area contributed by atoms with E-state index in [1.165, 1.54) is 11.3 Å². The number of piperazine rings is 1. The molecule has 29 heavy (non-hydrogen) atoms. The standard InChI is InChI=1S/C23H30ClN3O2/c1-18-16-20(24)9-10-22(18)29-15-5-8-23(28)25-17-19-6-3-4-7-21(19)27-13-11-26(2)12-14-27/h3-4,6-7,9-10,16H,5,8,11-15,17H2,1-2H3,(H,25,28). The van der Waals surface area contributed by atoms with E-state index in [0.717, 1.165) is 37.5 Å². The van der Waals surface area contributed by atoms with Gasteiger partial charge in [0.05, 0.1) is 6.61 Å². The van der Waals surface area contributed by atoms with Crippen molar-refractivity contribution in [1.29, 1.82) is 0 Å². The smallest absolute Gasteiger partial charge is 0.220 e. The van der Waals surface area contributed by atoms with E-state index in [9.17, 15) is 4.79 Å². The molecule has 0 unspecified atom stereocenters. The van der Waals surface area contributed by atoms with Crippen LogP contribution >= 0.6 is 11.6 Å². The van der Waals surface area contributed by atoms with Crippen molar-refractivity contribution in [3.05, 3.63) is 58.6 Å². The van der Waals surface area contributed by atoms with Crippen LogP contribution in [0.4, 0.5) is 5.69 Å². The fraction of sp³-hybridized carbons (Fsp3) is 0.435. The topological polar surface area (TPSA) is 44.8 Å². The van der Waals surface area contributed by atoms with Gasteiger partial charge in [0, 0.05) is 49.9 Å². The third-order valence-corrected chi connectivity index (χ3v) is 5.49. The lowest BCUT2D eigenvalue weighted by molar-refractivity contribution is -0.121. The first kappa shape index (κ1) is 21.5. The number of hydrogen-bond acceptors (Lipinski definition) is 4. The number of anilines is 1. The molecule has 2 aromatic carbocycles. The van der Waals surface area contributed by atoms with Crippen LogP contribution in [0.5, 0.6) is 5.75 Å². The van der Waals surface area contributed by atoms with Crippen LogP contribution in [0.2, 0.25) is 5.02 Å². The molecule has 2 aromatic rings. The van der Waals surface area contributed by atoms with Crippen LogP contribution < -0.4 is 15.0 Å². The predicted octanol–water partition coefficient (Wildman–Crippen LogP) is 3.88. The number of halogens is 1. The Morgan fingerprint density at radius 3 is 2.66 bits per heavy atom. The van der Waals surface area contributed by atoms with E-state index in [0.29, 0.717) is 31.0 Å². The number of aryl methyl sites for hydroxylation is 1. The van der Waals surface area contributed by atoms with E-state index < -0.39 is 0 Å². The quantitative estimate of drug-likeness (QED) is 0.664. The molecule has 1 heterocycles. The van der Waals surface area contributed by atoms with Crippen molar-refractivity contribution in [2.75, 3.05) is 44.7 Å². The molecular weight excluding hydrogens is 386 g/mol. The minimum Gasteiger partial charge on any atom is -0.493 e. The number of benzene rings is 2. The van der Waals surface area contributed by atoms with Gasteiger partial charge in [-0.05, 0) is 55.8 Å². The van der Waals surface area contributed by atoms with Gasteiger partial charge in [-0.25, -0.2) is 0 Å². The summed E-state index contributed by atoms with van der Waals surface area (Å²) in [4.78, 5) is 17.0. The summed E-state index contributed by atoms with van der Waals surface area (Å²) in [6.07, 6.45) is 1.12. The Bertz CT molecular complexity index is 820. The number of nitrogens with one attached hydrogen (secondary N) is 1. The molecule has 3 rings (SSSR count). The van der Waals surface area contributed by atoms with Gasteiger partial charge in [0.1, 0.15) is 5.75 Å². The summed E-state index contributed by atoms with van der Waals surface area (Å²) in [5, 5.41) is 3.76. The molecule has 1 aliphatic rings. The summed E-state index contributed by atoms with van der Waals surface area (Å²) < 4.78 is 5.76. The highest BCUT2D eigenvalue weighted by Crippen LogP contribution is 2.23. The van der Waals surface area contributed by atoms with Crippen LogP contribution in [0.15, 0.2) is 42.5 Å². The summed E-state index contributed by atoms with van der Waals surface area (Å²) in [5.74, 6) is 0.866. The maximum Gasteiger partial charge on any atom is 0.220 e. The van der Waals surface area contributed by atoms with Crippen LogP contribution in [0.25, 0.3) is 0 Å². The van der Waals surface area contributed by atoms with Crippen molar-refractivity contribution in [3.63, 3.8) is 0 Å². The van der Waals surface area contributed by atoms with E-state index in [2.05, 4.69) is 40.4 Å². The number of rotatable bonds is 8. The second-order valence-corrected chi connectivity index (χ2v) is 7.99. The highest BCUT2D eigenvalue weighted by atomic mass is 35.5. The molecule has 5 nitrogen and oxygen atoms in total. The summed E-state index contributed by atoms with van der Waals surface area (Å²) in [7, 11) is 2.15. The van der Waals surface area contributed by atoms with Crippen molar-refractivity contribution < 1.29 is 9.53 Å². The molecule has 0 bridgehead atoms. The monoisotopic (exact) mass is 415 g/mol. The SMILES string of the molecule is Cc1cc(Cl)ccc1OCCCC(=O)NCc1ccccc1N1CCN(C)CC1. The zero-order valence-electron chi connectivity index (χ0n) is 17.3. The molecule has 0 atom stereocenters. The van der Waals surface area contributed by atoms with Gasteiger partial charge in [-0.3, -0.25) is 4.79 Å². The molecule has 0 radical (unpaired) electrons. The Labute approximate surface area is 178 Å². The number of carbonyl (C=O) groups is 1. The average Bonchev–Trinajstić information content (AvgIpc) is 2.72. The Morgan fingerprint density at radius 1 is 1.14 bits per heavy atom. The van der Waals surface area contributed by atoms with E-state index in [-0.39, 0.29) is 5.91 Å². The van der Waals surface area contributed by atoms with Crippen LogP contribution in [-0.4, -0.2) is 50.6 Å². The lowest BCUT2D eigenvalue weighted by atomic mass is 10.1. The van der Waals surface area contributed by atoms with Crippen molar-refractivity contribution in [2.24, 2.45) is 0 Å². The molecule has 0 aliphatic carbocycles. The lowest BCUT2D eigenvalue weighted by Gasteiger charge is -2.35. The molecule has 1 N–H and O–H groups in total. The Balaban J connectivity index is 1.42. The molecule has 0 saturated carbocycles. The van der Waals surface area contributed by atoms with Crippen molar-refractivity contribution in [2.45, 2.75) is 26.3 Å². The minimum absolute atomic E-state index is 0.0506. The maximum atomic E-state index is 12.3. The molecule has 156 valence electrons. The number of nitrogens with zero attached hydrogens (tertiary/aromatic N) is 2. The Hall–Kier alpha value is -2.24. The van der Waals surface area contributed by atoms with E-state index in [1.807, 2.05) is 31.2 Å². The van der Waals surface area contributed by atoms with Gasteiger partial charge in [-0.1, -0.05) is 29.8 Å². The number of ether oxygens (including phenoxy) is 1. The van der Waals surface area contributed by atoms with Gasteiger partial charge in [0.15, 0.2) is 0 Å². The van der Waals surface area contributed by atoms with Crippen LogP contribution in [0.3, 0.4) is 0 Å². The fourth-order valence-corrected chi connectivity index (χ4v) is 3.71. The molecule has 0 aromatic heterocycles. The first-order valence-electron chi connectivity index (χ1n) is 10.2. The number of para-hydroxylation sites is 1. The second-order valence-electron chi connectivity index (χ2n) is 7.56. The molecule has 1 saturated heterocycles. The number of amides is 1. The summed E-state index contributed by atoms with van der Waals surface area (Å²) >= 11 is 5.96. The normalized spacial score (nSPS) is 14.7. The van der Waals surface area contributed by atoms with Gasteiger partial charge < -0.3 is 19.9 Å². The predicted molar refractivity (Wildman–Crippen MR) is 119 cm³/mol. The summed E-state index contributed by atoms with van der Waals surface area (Å²) in [6, 6.07) is 13.9. The first-order chi connectivity index (χ1) is 14.0. The average molecular weight is 416 g/mol. The van der Waals surface area contributed by atoms with Gasteiger partial charge in [0.25, 0.3) is 0 Å². The van der Waals surface area contributed by atoms with E-state index >= 15 is 0 Å². The Kier molecular flexibility index (Phi) is 7.78. The fourth-order valence-electron chi connectivity index (χ4n) is 3.49. The van der Waals surface area contributed by atoms with E-state index in [4.69, 9.17) is 16.3 Å². The third-order valence-electron chi connectivity index (χ3n) is 5.25. The van der Waals surface area contributed by atoms with Gasteiger partial charge >= 0.3 is 0 Å². The summed E-state index contributed by atoms with van der Waals surface area (Å²) in [6.45, 7) is 7.19. The van der Waals surface area contributed by atoms with Gasteiger partial charge in [-0.2, -0.15) is 0 Å². The zero-order chi connectivity index (χ0) is 20.6. The Morgan fingerprint density at radius 2 is 1.90 bits per heavy atom. The molecular formula is C23H30ClN3O2. The largest absolute Gasteiger partial charge is 0.493 e. The zero-order valence-corrected chi connectivity index (χ0v) is 18.0. The number of likely N-dealkylation sites (N-methyl/N-ethyl adjacent to an activating group) is 1. The van der Waals surface area contributed by atoms with Crippen LogP contribution in [0.1, 0.15) is 24.0 Å². The number of hydrogen-bond donors (Lipinski definition) is 1. The molecule has 1 aliphatic heterocycles. The van der Waals surface area contributed by atoms with Crippen molar-refractivity contribution >= 4 is 23.2 Å². The maximum absolute atomic E-state index is 12.3. The van der Waals surface area contributed by atoms with Crippen molar-refractivity contribution in [3.8, 4) is 5.75 Å². The molecule has 1 amide bonds. The molecule has 1 fully saturated rings. The van der Waals surface area contributed by atoms with E-state index in [1.54, 1.807) is 0 Å². The van der Waals surface area contributed by atoms with Crippen LogP contribution in [0, 0.1) is 6.92 Å². The summed E-state index contributed by atoms with van der Waals surface area (Å²) in [5.41, 5.74) is 3.39. The van der Waals surface area contributed by atoms with Crippen LogP contribution in [-0.2, 0) is 11.3 Å². The second kappa shape index (κ2) is 10.5. The van der Waals surface area contributed by atoms with Gasteiger partial charge in [-0.15, -0.1) is 0 Å². The van der Waals surface area contributed by atoms with Gasteiger partial charge in [0.2, 0.25) is 5.91 Å². The third kappa shape index (κ3) is 6.38. The molecule has 0 spiro atoms. The lowest BCUT2D eigenvalue weighted by Crippen LogP contribution is -2.45. The number of carbonyl (C=O) groups excluding carboxylic acids is 1. The highest BCUT2D eigenvalue weighted by molar-refractivity contribution is 6.30. The minimum atomic E-state index is 0.0506.